The lowest BCUT2D eigenvalue weighted by Crippen LogP contribution is -2.24. The van der Waals surface area contributed by atoms with Gasteiger partial charge in [-0.3, -0.25) is 0 Å². The average molecular weight is 343 g/mol. The molecular formula is C17H17N3O3S. The van der Waals surface area contributed by atoms with E-state index in [9.17, 15) is 8.42 Å². The molecule has 0 fully saturated rings. The minimum absolute atomic E-state index is 0.171. The summed E-state index contributed by atoms with van der Waals surface area (Å²) in [7, 11) is -2.07. The number of nitrogens with zero attached hydrogens (tertiary/aromatic N) is 2. The van der Waals surface area contributed by atoms with E-state index in [4.69, 9.17) is 4.74 Å². The van der Waals surface area contributed by atoms with Gasteiger partial charge >= 0.3 is 0 Å². The summed E-state index contributed by atoms with van der Waals surface area (Å²) in [6.07, 6.45) is 3.50. The van der Waals surface area contributed by atoms with Crippen molar-refractivity contribution in [2.24, 2.45) is 0 Å². The zero-order valence-corrected chi connectivity index (χ0v) is 13.9. The Morgan fingerprint density at radius 3 is 2.50 bits per heavy atom. The molecule has 124 valence electrons. The van der Waals surface area contributed by atoms with Crippen molar-refractivity contribution in [1.82, 2.24) is 14.5 Å². The van der Waals surface area contributed by atoms with E-state index in [1.807, 2.05) is 36.5 Å². The number of para-hydroxylation sites is 1. The van der Waals surface area contributed by atoms with Crippen LogP contribution in [0, 0.1) is 0 Å². The molecule has 0 bridgehead atoms. The molecule has 6 nitrogen and oxygen atoms in total. The maximum atomic E-state index is 12.4. The molecule has 0 aliphatic heterocycles. The maximum absolute atomic E-state index is 12.4. The van der Waals surface area contributed by atoms with Crippen molar-refractivity contribution in [2.75, 3.05) is 7.11 Å². The van der Waals surface area contributed by atoms with Gasteiger partial charge in [-0.05, 0) is 42.0 Å². The maximum Gasteiger partial charge on any atom is 0.240 e. The highest BCUT2D eigenvalue weighted by Crippen LogP contribution is 2.17. The third-order valence-corrected chi connectivity index (χ3v) is 4.98. The van der Waals surface area contributed by atoms with Gasteiger partial charge in [0, 0.05) is 18.9 Å². The number of sulfonamides is 1. The molecule has 2 aromatic carbocycles. The molecule has 0 radical (unpaired) electrons. The van der Waals surface area contributed by atoms with Gasteiger partial charge in [0.1, 0.15) is 5.75 Å². The van der Waals surface area contributed by atoms with E-state index in [2.05, 4.69) is 9.82 Å². The summed E-state index contributed by atoms with van der Waals surface area (Å²) in [5.41, 5.74) is 1.67. The smallest absolute Gasteiger partial charge is 0.240 e. The van der Waals surface area contributed by atoms with Gasteiger partial charge < -0.3 is 4.74 Å². The molecule has 1 heterocycles. The molecule has 0 amide bonds. The van der Waals surface area contributed by atoms with Crippen molar-refractivity contribution in [3.63, 3.8) is 0 Å². The van der Waals surface area contributed by atoms with E-state index in [1.165, 1.54) is 19.2 Å². The Kier molecular flexibility index (Phi) is 4.64. The molecule has 0 spiro atoms. The fraction of sp³-hybridized carbons (Fsp3) is 0.118. The van der Waals surface area contributed by atoms with Crippen LogP contribution in [0.2, 0.25) is 0 Å². The monoisotopic (exact) mass is 343 g/mol. The van der Waals surface area contributed by atoms with Crippen LogP contribution < -0.4 is 9.46 Å². The molecule has 0 aliphatic rings. The van der Waals surface area contributed by atoms with Crippen LogP contribution in [0.1, 0.15) is 5.56 Å². The molecule has 1 aromatic heterocycles. The Labute approximate surface area is 140 Å². The van der Waals surface area contributed by atoms with Crippen LogP contribution in [0.5, 0.6) is 5.75 Å². The van der Waals surface area contributed by atoms with Gasteiger partial charge in [-0.25, -0.2) is 17.8 Å². The highest BCUT2D eigenvalue weighted by Gasteiger charge is 2.15. The molecule has 3 aromatic rings. The Morgan fingerprint density at radius 1 is 1.08 bits per heavy atom. The van der Waals surface area contributed by atoms with Crippen molar-refractivity contribution >= 4 is 10.0 Å². The number of aromatic nitrogens is 2. The summed E-state index contributed by atoms with van der Waals surface area (Å²) in [5.74, 6) is 0.609. The van der Waals surface area contributed by atoms with Gasteiger partial charge in [0.15, 0.2) is 0 Å². The van der Waals surface area contributed by atoms with Gasteiger partial charge in [-0.2, -0.15) is 5.10 Å². The number of methoxy groups -OCH3 is 1. The second-order valence-corrected chi connectivity index (χ2v) is 6.85. The number of hydrogen-bond acceptors (Lipinski definition) is 4. The van der Waals surface area contributed by atoms with Gasteiger partial charge in [-0.1, -0.05) is 18.2 Å². The normalized spacial score (nSPS) is 11.4. The van der Waals surface area contributed by atoms with Crippen molar-refractivity contribution in [3.05, 3.63) is 72.6 Å². The van der Waals surface area contributed by atoms with Gasteiger partial charge in [-0.15, -0.1) is 0 Å². The molecule has 1 N–H and O–H groups in total. The van der Waals surface area contributed by atoms with Gasteiger partial charge in [0.05, 0.1) is 17.7 Å². The molecule has 7 heteroatoms. The molecule has 3 rings (SSSR count). The van der Waals surface area contributed by atoms with Crippen LogP contribution in [0.3, 0.4) is 0 Å². The zero-order chi connectivity index (χ0) is 17.0. The highest BCUT2D eigenvalue weighted by atomic mass is 32.2. The lowest BCUT2D eigenvalue weighted by Gasteiger charge is -2.11. The number of ether oxygens (including phenoxy) is 1. The first-order valence-corrected chi connectivity index (χ1v) is 8.80. The van der Waals surface area contributed by atoms with Crippen LogP contribution in [-0.2, 0) is 16.6 Å². The lowest BCUT2D eigenvalue weighted by atomic mass is 10.2. The first-order chi connectivity index (χ1) is 11.6. The summed E-state index contributed by atoms with van der Waals surface area (Å²) in [6.45, 7) is 0.171. The van der Waals surface area contributed by atoms with Crippen LogP contribution in [0.15, 0.2) is 71.9 Å². The standard InChI is InChI=1S/C17H17N3O3S/c1-23-15-7-9-16(10-8-15)24(21,22)19-13-14-5-2-3-6-17(14)20-12-4-11-18-20/h2-12,19H,13H2,1H3. The van der Waals surface area contributed by atoms with Crippen molar-refractivity contribution < 1.29 is 13.2 Å². The second-order valence-electron chi connectivity index (χ2n) is 5.08. The molecule has 0 atom stereocenters. The van der Waals surface area contributed by atoms with Crippen molar-refractivity contribution in [1.29, 1.82) is 0 Å². The number of nitrogens with one attached hydrogen (secondary N) is 1. The molecular weight excluding hydrogens is 326 g/mol. The van der Waals surface area contributed by atoms with E-state index in [0.717, 1.165) is 11.3 Å². The first kappa shape index (κ1) is 16.2. The number of rotatable bonds is 6. The summed E-state index contributed by atoms with van der Waals surface area (Å²) in [5, 5.41) is 4.19. The third kappa shape index (κ3) is 3.47. The predicted molar refractivity (Wildman–Crippen MR) is 90.6 cm³/mol. The zero-order valence-electron chi connectivity index (χ0n) is 13.1. The summed E-state index contributed by atoms with van der Waals surface area (Å²) < 4.78 is 34.2. The van der Waals surface area contributed by atoms with E-state index in [0.29, 0.717) is 5.75 Å². The molecule has 24 heavy (non-hydrogen) atoms. The van der Waals surface area contributed by atoms with Gasteiger partial charge in [0.25, 0.3) is 0 Å². The quantitative estimate of drug-likeness (QED) is 0.746. The molecule has 0 aliphatic carbocycles. The Bertz CT molecular complexity index is 905. The number of hydrogen-bond donors (Lipinski definition) is 1. The van der Waals surface area contributed by atoms with Gasteiger partial charge in [0.2, 0.25) is 10.0 Å². The Balaban J connectivity index is 1.80. The van der Waals surface area contributed by atoms with Crippen molar-refractivity contribution in [3.8, 4) is 11.4 Å². The number of benzene rings is 2. The summed E-state index contributed by atoms with van der Waals surface area (Å²) in [4.78, 5) is 0.194. The van der Waals surface area contributed by atoms with Crippen LogP contribution in [0.4, 0.5) is 0 Å². The average Bonchev–Trinajstić information content (AvgIpc) is 3.15. The van der Waals surface area contributed by atoms with Crippen LogP contribution >= 0.6 is 0 Å². The van der Waals surface area contributed by atoms with E-state index in [1.54, 1.807) is 23.0 Å². The topological polar surface area (TPSA) is 73.2 Å². The van der Waals surface area contributed by atoms with Crippen LogP contribution in [-0.4, -0.2) is 25.3 Å². The summed E-state index contributed by atoms with van der Waals surface area (Å²) >= 11 is 0. The first-order valence-electron chi connectivity index (χ1n) is 7.32. The van der Waals surface area contributed by atoms with E-state index >= 15 is 0 Å². The van der Waals surface area contributed by atoms with Crippen molar-refractivity contribution in [2.45, 2.75) is 11.4 Å². The molecule has 0 unspecified atom stereocenters. The minimum atomic E-state index is -3.60. The lowest BCUT2D eigenvalue weighted by molar-refractivity contribution is 0.414. The summed E-state index contributed by atoms with van der Waals surface area (Å²) in [6, 6.07) is 15.6. The highest BCUT2D eigenvalue weighted by molar-refractivity contribution is 7.89. The Morgan fingerprint density at radius 2 is 1.83 bits per heavy atom. The predicted octanol–water partition coefficient (Wildman–Crippen LogP) is 2.36. The fourth-order valence-corrected chi connectivity index (χ4v) is 3.31. The largest absolute Gasteiger partial charge is 0.497 e. The van der Waals surface area contributed by atoms with Crippen LogP contribution in [0.25, 0.3) is 5.69 Å². The fourth-order valence-electron chi connectivity index (χ4n) is 2.31. The SMILES string of the molecule is COc1ccc(S(=O)(=O)NCc2ccccc2-n2cccn2)cc1. The van der Waals surface area contributed by atoms with E-state index < -0.39 is 10.0 Å². The minimum Gasteiger partial charge on any atom is -0.497 e. The third-order valence-electron chi connectivity index (χ3n) is 3.57. The molecule has 0 saturated carbocycles. The van der Waals surface area contributed by atoms with E-state index in [-0.39, 0.29) is 11.4 Å². The Hall–Kier alpha value is -2.64. The molecule has 0 saturated heterocycles. The second kappa shape index (κ2) is 6.86.